The Morgan fingerprint density at radius 2 is 1.78 bits per heavy atom. The van der Waals surface area contributed by atoms with Crippen molar-refractivity contribution in [2.24, 2.45) is 5.41 Å². The molecule has 0 spiro atoms. The standard InChI is InChI=1S/C37H40Cl2F2N4O8.ClH/c1-36(2,3)14-26-37(16-42,20-10-9-18(38)13-22(20)40)27(19-6-5-7-21(39)28(19)41)29(44-26)34(50)43-23-11-8-17(12-24(23)52-4)33(49)45-30-32(48)31(47)25(15-46)53-35(30)51;/h5-13,25-27,29-32,35,44,46-48,51H,14-15H2,1-4H3,(H,43,50)(H,45,49);1H/t25-,26+,27+,29-,30-,31-,32-,35+,37+;/m1./s1. The molecule has 2 fully saturated rings. The molecule has 0 radical (unpaired) electrons. The number of aliphatic hydroxyl groups excluding tert-OH is 4. The number of rotatable bonds is 9. The third-order valence-electron chi connectivity index (χ3n) is 9.65. The summed E-state index contributed by atoms with van der Waals surface area (Å²) in [5.41, 5.74) is -2.46. The molecule has 2 amide bonds. The van der Waals surface area contributed by atoms with Crippen molar-refractivity contribution in [3.63, 3.8) is 0 Å². The highest BCUT2D eigenvalue weighted by atomic mass is 35.5. The molecule has 292 valence electrons. The van der Waals surface area contributed by atoms with E-state index in [4.69, 9.17) is 32.7 Å². The van der Waals surface area contributed by atoms with Crippen molar-refractivity contribution in [1.29, 1.82) is 5.26 Å². The van der Waals surface area contributed by atoms with Crippen LogP contribution in [0.25, 0.3) is 0 Å². The predicted octanol–water partition coefficient (Wildman–Crippen LogP) is 4.19. The Morgan fingerprint density at radius 3 is 2.39 bits per heavy atom. The first kappa shape index (κ1) is 43.1. The zero-order chi connectivity index (χ0) is 39.0. The topological polar surface area (TPSA) is 193 Å². The van der Waals surface area contributed by atoms with Crippen LogP contribution in [0, 0.1) is 28.4 Å². The summed E-state index contributed by atoms with van der Waals surface area (Å²) >= 11 is 12.3. The summed E-state index contributed by atoms with van der Waals surface area (Å²) in [4.78, 5) is 27.6. The molecule has 5 rings (SSSR count). The predicted molar refractivity (Wildman–Crippen MR) is 198 cm³/mol. The van der Waals surface area contributed by atoms with E-state index in [0.717, 1.165) is 6.07 Å². The van der Waals surface area contributed by atoms with Crippen LogP contribution in [-0.2, 0) is 14.9 Å². The van der Waals surface area contributed by atoms with Crippen molar-refractivity contribution >= 4 is 53.1 Å². The number of aliphatic hydroxyl groups is 4. The Hall–Kier alpha value is -3.62. The molecular weight excluding hydrogens is 773 g/mol. The van der Waals surface area contributed by atoms with E-state index in [0.29, 0.717) is 0 Å². The van der Waals surface area contributed by atoms with Crippen molar-refractivity contribution in [3.05, 3.63) is 93.0 Å². The summed E-state index contributed by atoms with van der Waals surface area (Å²) in [5.74, 6) is -4.58. The number of hydrogen-bond donors (Lipinski definition) is 7. The fraction of sp³-hybridized carbons (Fsp3) is 0.432. The third kappa shape index (κ3) is 8.30. The van der Waals surface area contributed by atoms with Crippen LogP contribution in [0.3, 0.4) is 0 Å². The Balaban J connectivity index is 0.00000650. The van der Waals surface area contributed by atoms with Gasteiger partial charge in [-0.15, -0.1) is 12.4 Å². The number of ether oxygens (including phenoxy) is 2. The van der Waals surface area contributed by atoms with Crippen LogP contribution in [0.1, 0.15) is 54.6 Å². The fourth-order valence-corrected chi connectivity index (χ4v) is 7.53. The number of benzene rings is 3. The summed E-state index contributed by atoms with van der Waals surface area (Å²) in [7, 11) is 1.28. The number of carbonyl (C=O) groups is 2. The van der Waals surface area contributed by atoms with Crippen LogP contribution in [0.15, 0.2) is 54.6 Å². The van der Waals surface area contributed by atoms with Gasteiger partial charge in [0.1, 0.15) is 47.2 Å². The molecule has 2 heterocycles. The molecule has 7 N–H and O–H groups in total. The van der Waals surface area contributed by atoms with E-state index in [2.05, 4.69) is 22.0 Å². The van der Waals surface area contributed by atoms with Crippen molar-refractivity contribution in [1.82, 2.24) is 10.6 Å². The summed E-state index contributed by atoms with van der Waals surface area (Å²) in [5, 5.41) is 59.5. The molecule has 0 aromatic heterocycles. The Kier molecular flexibility index (Phi) is 13.6. The van der Waals surface area contributed by atoms with Gasteiger partial charge in [-0.05, 0) is 53.8 Å². The zero-order valence-electron chi connectivity index (χ0n) is 29.5. The molecule has 0 bridgehead atoms. The molecule has 9 atom stereocenters. The SMILES string of the molecule is COc1cc(C(=O)N[C@@H]2[C@@H](O)[C@H](O)[C@@H](CO)O[C@@H]2O)ccc1NC(=O)[C@@H]1N[C@@H](CC(C)(C)C)[C@](C#N)(c2ccc(Cl)cc2F)[C@H]1c1cccc(Cl)c1F.Cl. The smallest absolute Gasteiger partial charge is 0.251 e. The number of hydrogen-bond acceptors (Lipinski definition) is 10. The molecule has 54 heavy (non-hydrogen) atoms. The third-order valence-corrected chi connectivity index (χ3v) is 10.2. The van der Waals surface area contributed by atoms with E-state index in [-0.39, 0.29) is 57.0 Å². The van der Waals surface area contributed by atoms with Crippen molar-refractivity contribution in [2.45, 2.75) is 81.3 Å². The van der Waals surface area contributed by atoms with E-state index >= 15 is 8.78 Å². The Morgan fingerprint density at radius 1 is 1.07 bits per heavy atom. The van der Waals surface area contributed by atoms with Crippen LogP contribution in [0.2, 0.25) is 10.0 Å². The van der Waals surface area contributed by atoms with Crippen LogP contribution in [-0.4, -0.2) is 88.7 Å². The first-order valence-electron chi connectivity index (χ1n) is 16.6. The maximum Gasteiger partial charge on any atom is 0.251 e. The summed E-state index contributed by atoms with van der Waals surface area (Å²) in [6, 6.07) is 10.5. The summed E-state index contributed by atoms with van der Waals surface area (Å²) in [6.45, 7) is 5.06. The van der Waals surface area contributed by atoms with Gasteiger partial charge in [0.2, 0.25) is 5.91 Å². The van der Waals surface area contributed by atoms with Gasteiger partial charge in [0.25, 0.3) is 5.91 Å². The molecule has 2 saturated heterocycles. The van der Waals surface area contributed by atoms with Gasteiger partial charge in [0, 0.05) is 28.1 Å². The van der Waals surface area contributed by atoms with E-state index in [9.17, 15) is 35.3 Å². The average molecular weight is 814 g/mol. The number of nitrogens with zero attached hydrogens (tertiary/aromatic N) is 1. The van der Waals surface area contributed by atoms with Crippen molar-refractivity contribution in [2.75, 3.05) is 19.0 Å². The van der Waals surface area contributed by atoms with Gasteiger partial charge in [-0.25, -0.2) is 8.78 Å². The minimum absolute atomic E-state index is 0. The molecule has 12 nitrogen and oxygen atoms in total. The number of halogens is 5. The molecule has 3 aromatic carbocycles. The first-order valence-corrected chi connectivity index (χ1v) is 17.4. The molecule has 0 aliphatic carbocycles. The second-order valence-corrected chi connectivity index (χ2v) is 15.2. The zero-order valence-corrected chi connectivity index (χ0v) is 31.8. The largest absolute Gasteiger partial charge is 0.495 e. The van der Waals surface area contributed by atoms with Gasteiger partial charge < -0.3 is 45.9 Å². The number of anilines is 1. The summed E-state index contributed by atoms with van der Waals surface area (Å²) < 4.78 is 42.5. The number of carbonyl (C=O) groups excluding carboxylic acids is 2. The van der Waals surface area contributed by atoms with E-state index in [1.54, 1.807) is 0 Å². The number of methoxy groups -OCH3 is 1. The molecule has 0 saturated carbocycles. The molecule has 2 aliphatic heterocycles. The average Bonchev–Trinajstić information content (AvgIpc) is 3.42. The van der Waals surface area contributed by atoms with Crippen LogP contribution in [0.4, 0.5) is 14.5 Å². The van der Waals surface area contributed by atoms with Gasteiger partial charge >= 0.3 is 0 Å². The minimum Gasteiger partial charge on any atom is -0.495 e. The molecule has 17 heteroatoms. The Labute approximate surface area is 326 Å². The highest BCUT2D eigenvalue weighted by molar-refractivity contribution is 6.31. The number of amides is 2. The van der Waals surface area contributed by atoms with Crippen LogP contribution in [0.5, 0.6) is 5.75 Å². The van der Waals surface area contributed by atoms with Crippen LogP contribution >= 0.6 is 35.6 Å². The highest BCUT2D eigenvalue weighted by Crippen LogP contribution is 2.53. The van der Waals surface area contributed by atoms with Gasteiger partial charge in [0.05, 0.1) is 36.5 Å². The van der Waals surface area contributed by atoms with E-state index in [1.165, 1.54) is 55.6 Å². The molecule has 0 unspecified atom stereocenters. The lowest BCUT2D eigenvalue weighted by atomic mass is 9.62. The first-order chi connectivity index (χ1) is 25.0. The Bertz CT molecular complexity index is 1910. The monoisotopic (exact) mass is 812 g/mol. The lowest BCUT2D eigenvalue weighted by Gasteiger charge is -2.40. The lowest BCUT2D eigenvalue weighted by molar-refractivity contribution is -0.252. The van der Waals surface area contributed by atoms with Gasteiger partial charge in [0.15, 0.2) is 6.29 Å². The van der Waals surface area contributed by atoms with E-state index < -0.39 is 89.5 Å². The molecule has 2 aliphatic rings. The van der Waals surface area contributed by atoms with Gasteiger partial charge in [-0.3, -0.25) is 9.59 Å². The quantitative estimate of drug-likeness (QED) is 0.165. The second kappa shape index (κ2) is 17.0. The van der Waals surface area contributed by atoms with Crippen molar-refractivity contribution < 1.29 is 48.3 Å². The number of nitriles is 1. The minimum atomic E-state index is -1.86. The molecule has 3 aromatic rings. The van der Waals surface area contributed by atoms with Gasteiger partial charge in [-0.2, -0.15) is 5.26 Å². The van der Waals surface area contributed by atoms with Gasteiger partial charge in [-0.1, -0.05) is 62.2 Å². The molecular formula is C37H41Cl3F2N4O8. The lowest BCUT2D eigenvalue weighted by Crippen LogP contribution is -2.64. The fourth-order valence-electron chi connectivity index (χ4n) is 7.19. The second-order valence-electron chi connectivity index (χ2n) is 14.3. The normalized spacial score (nSPS) is 28.1. The maximum absolute atomic E-state index is 16.0. The summed E-state index contributed by atoms with van der Waals surface area (Å²) in [6.07, 6.45) is -6.05. The van der Waals surface area contributed by atoms with Crippen LogP contribution < -0.4 is 20.7 Å². The van der Waals surface area contributed by atoms with Crippen molar-refractivity contribution in [3.8, 4) is 11.8 Å². The maximum atomic E-state index is 16.0. The highest BCUT2D eigenvalue weighted by Gasteiger charge is 2.61. The van der Waals surface area contributed by atoms with E-state index in [1.807, 2.05) is 20.8 Å². The number of nitrogens with one attached hydrogen (secondary N) is 3.